The summed E-state index contributed by atoms with van der Waals surface area (Å²) in [7, 11) is 0. The van der Waals surface area contributed by atoms with Gasteiger partial charge in [0.15, 0.2) is 0 Å². The quantitative estimate of drug-likeness (QED) is 0.824. The fourth-order valence-electron chi connectivity index (χ4n) is 3.95. The molecular weight excluding hydrogens is 240 g/mol. The largest absolute Gasteiger partial charge is 0.378 e. The normalized spacial score (nSPS) is 30.7. The first-order valence-electron chi connectivity index (χ1n) is 7.86. The number of carbonyl (C=O) groups excluding carboxylic acids is 1. The lowest BCUT2D eigenvalue weighted by Crippen LogP contribution is -2.47. The van der Waals surface area contributed by atoms with Gasteiger partial charge in [-0.3, -0.25) is 4.79 Å². The number of hydrogen-bond donors (Lipinski definition) is 1. The van der Waals surface area contributed by atoms with E-state index >= 15 is 0 Å². The van der Waals surface area contributed by atoms with Crippen molar-refractivity contribution in [2.24, 2.45) is 5.41 Å². The summed E-state index contributed by atoms with van der Waals surface area (Å²) in [5.74, 6) is 0.316. The zero-order valence-corrected chi connectivity index (χ0v) is 11.8. The number of nitrogens with one attached hydrogen (secondary N) is 1. The number of morpholine rings is 1. The summed E-state index contributed by atoms with van der Waals surface area (Å²) in [4.78, 5) is 14.4. The van der Waals surface area contributed by atoms with Crippen LogP contribution in [0, 0.1) is 5.41 Å². The van der Waals surface area contributed by atoms with Gasteiger partial charge in [-0.25, -0.2) is 0 Å². The van der Waals surface area contributed by atoms with Crippen molar-refractivity contribution >= 4 is 5.91 Å². The predicted octanol–water partition coefficient (Wildman–Crippen LogP) is 1.55. The minimum Gasteiger partial charge on any atom is -0.378 e. The van der Waals surface area contributed by atoms with Gasteiger partial charge in [0.2, 0.25) is 5.91 Å². The van der Waals surface area contributed by atoms with Crippen molar-refractivity contribution in [1.29, 1.82) is 0 Å². The van der Waals surface area contributed by atoms with Crippen LogP contribution in [0.5, 0.6) is 0 Å². The van der Waals surface area contributed by atoms with E-state index in [1.807, 2.05) is 0 Å². The topological polar surface area (TPSA) is 41.6 Å². The predicted molar refractivity (Wildman–Crippen MR) is 73.9 cm³/mol. The van der Waals surface area contributed by atoms with Crippen LogP contribution >= 0.6 is 0 Å². The number of amides is 1. The van der Waals surface area contributed by atoms with Crippen molar-refractivity contribution in [3.05, 3.63) is 0 Å². The van der Waals surface area contributed by atoms with E-state index in [9.17, 15) is 4.79 Å². The van der Waals surface area contributed by atoms with Gasteiger partial charge >= 0.3 is 0 Å². The van der Waals surface area contributed by atoms with Crippen LogP contribution in [0.1, 0.15) is 44.9 Å². The van der Waals surface area contributed by atoms with Crippen LogP contribution in [0.15, 0.2) is 0 Å². The third-order valence-electron chi connectivity index (χ3n) is 5.26. The SMILES string of the molecule is O=C(CC1COCCN1)N1CCC2(CCCC2)CC1. The minimum absolute atomic E-state index is 0.226. The molecule has 0 bridgehead atoms. The Hall–Kier alpha value is -0.610. The Morgan fingerprint density at radius 1 is 1.21 bits per heavy atom. The number of piperidine rings is 1. The van der Waals surface area contributed by atoms with Crippen molar-refractivity contribution in [3.8, 4) is 0 Å². The number of ether oxygens (including phenoxy) is 1. The molecule has 2 aliphatic heterocycles. The Morgan fingerprint density at radius 2 is 1.95 bits per heavy atom. The molecule has 0 radical (unpaired) electrons. The summed E-state index contributed by atoms with van der Waals surface area (Å²) < 4.78 is 5.41. The molecule has 1 unspecified atom stereocenters. The molecule has 1 spiro atoms. The van der Waals surface area contributed by atoms with E-state index in [0.717, 1.165) is 26.2 Å². The molecule has 3 aliphatic rings. The highest BCUT2D eigenvalue weighted by Gasteiger charge is 2.38. The van der Waals surface area contributed by atoms with Crippen LogP contribution in [0.25, 0.3) is 0 Å². The van der Waals surface area contributed by atoms with Gasteiger partial charge < -0.3 is 15.0 Å². The van der Waals surface area contributed by atoms with Gasteiger partial charge in [-0.05, 0) is 31.1 Å². The zero-order valence-electron chi connectivity index (χ0n) is 11.8. The van der Waals surface area contributed by atoms with Gasteiger partial charge in [0, 0.05) is 32.1 Å². The van der Waals surface area contributed by atoms with Gasteiger partial charge in [-0.1, -0.05) is 12.8 Å². The fourth-order valence-corrected chi connectivity index (χ4v) is 3.95. The molecule has 1 saturated carbocycles. The molecular formula is C15H26N2O2. The zero-order chi connectivity index (χ0) is 13.1. The van der Waals surface area contributed by atoms with Crippen LogP contribution in [-0.4, -0.2) is 49.7 Å². The molecule has 19 heavy (non-hydrogen) atoms. The number of nitrogens with zero attached hydrogens (tertiary/aromatic N) is 1. The molecule has 4 heteroatoms. The smallest absolute Gasteiger partial charge is 0.224 e. The van der Waals surface area contributed by atoms with Crippen molar-refractivity contribution < 1.29 is 9.53 Å². The van der Waals surface area contributed by atoms with E-state index in [4.69, 9.17) is 4.74 Å². The Balaban J connectivity index is 1.46. The first kappa shape index (κ1) is 13.4. The summed E-state index contributed by atoms with van der Waals surface area (Å²) in [6.07, 6.45) is 8.66. The van der Waals surface area contributed by atoms with E-state index in [0.29, 0.717) is 24.3 Å². The second-order valence-electron chi connectivity index (χ2n) is 6.52. The maximum Gasteiger partial charge on any atom is 0.224 e. The third kappa shape index (κ3) is 3.11. The number of likely N-dealkylation sites (tertiary alicyclic amines) is 1. The summed E-state index contributed by atoms with van der Waals surface area (Å²) in [6.45, 7) is 4.29. The molecule has 0 aromatic heterocycles. The molecule has 1 amide bonds. The second-order valence-corrected chi connectivity index (χ2v) is 6.52. The summed E-state index contributed by atoms with van der Waals surface area (Å²) in [5, 5.41) is 3.37. The molecule has 0 aromatic rings. The Bertz CT molecular complexity index is 310. The summed E-state index contributed by atoms with van der Waals surface area (Å²) in [6, 6.07) is 0.226. The van der Waals surface area contributed by atoms with E-state index in [1.165, 1.54) is 38.5 Å². The van der Waals surface area contributed by atoms with Crippen molar-refractivity contribution in [3.63, 3.8) is 0 Å². The van der Waals surface area contributed by atoms with E-state index < -0.39 is 0 Å². The lowest BCUT2D eigenvalue weighted by molar-refractivity contribution is -0.134. The molecule has 1 aliphatic carbocycles. The van der Waals surface area contributed by atoms with E-state index in [-0.39, 0.29) is 6.04 Å². The highest BCUT2D eigenvalue weighted by atomic mass is 16.5. The Kier molecular flexibility index (Phi) is 4.08. The maximum absolute atomic E-state index is 12.3. The van der Waals surface area contributed by atoms with Gasteiger partial charge in [0.05, 0.1) is 13.2 Å². The van der Waals surface area contributed by atoms with Gasteiger partial charge in [-0.15, -0.1) is 0 Å². The molecule has 3 fully saturated rings. The number of carbonyl (C=O) groups is 1. The maximum atomic E-state index is 12.3. The van der Waals surface area contributed by atoms with Crippen LogP contribution in [-0.2, 0) is 9.53 Å². The summed E-state index contributed by atoms with van der Waals surface area (Å²) in [5.41, 5.74) is 0.600. The molecule has 1 N–H and O–H groups in total. The minimum atomic E-state index is 0.226. The van der Waals surface area contributed by atoms with Crippen LogP contribution in [0.2, 0.25) is 0 Å². The van der Waals surface area contributed by atoms with Crippen LogP contribution < -0.4 is 5.32 Å². The van der Waals surface area contributed by atoms with Crippen LogP contribution in [0.4, 0.5) is 0 Å². The first-order valence-corrected chi connectivity index (χ1v) is 7.86. The molecule has 1 atom stereocenters. The van der Waals surface area contributed by atoms with Crippen molar-refractivity contribution in [1.82, 2.24) is 10.2 Å². The lowest BCUT2D eigenvalue weighted by atomic mass is 9.77. The highest BCUT2D eigenvalue weighted by molar-refractivity contribution is 5.77. The summed E-state index contributed by atoms with van der Waals surface area (Å²) >= 11 is 0. The molecule has 2 saturated heterocycles. The standard InChI is InChI=1S/C15H26N2O2/c18-14(11-13-12-19-10-7-16-13)17-8-5-15(6-9-17)3-1-2-4-15/h13,16H,1-12H2. The molecule has 2 heterocycles. The van der Waals surface area contributed by atoms with Crippen molar-refractivity contribution in [2.45, 2.75) is 51.0 Å². The Labute approximate surface area is 115 Å². The Morgan fingerprint density at radius 3 is 2.58 bits per heavy atom. The average Bonchev–Trinajstić information content (AvgIpc) is 2.89. The van der Waals surface area contributed by atoms with Crippen LogP contribution in [0.3, 0.4) is 0 Å². The van der Waals surface area contributed by atoms with E-state index in [1.54, 1.807) is 0 Å². The monoisotopic (exact) mass is 266 g/mol. The number of hydrogen-bond acceptors (Lipinski definition) is 3. The van der Waals surface area contributed by atoms with Gasteiger partial charge in [-0.2, -0.15) is 0 Å². The fraction of sp³-hybridized carbons (Fsp3) is 0.933. The van der Waals surface area contributed by atoms with Gasteiger partial charge in [0.1, 0.15) is 0 Å². The number of rotatable bonds is 2. The molecule has 4 nitrogen and oxygen atoms in total. The first-order chi connectivity index (χ1) is 9.27. The molecule has 0 aromatic carbocycles. The third-order valence-corrected chi connectivity index (χ3v) is 5.26. The lowest BCUT2D eigenvalue weighted by Gasteiger charge is -2.40. The van der Waals surface area contributed by atoms with Crippen molar-refractivity contribution in [2.75, 3.05) is 32.8 Å². The average molecular weight is 266 g/mol. The highest BCUT2D eigenvalue weighted by Crippen LogP contribution is 2.46. The second kappa shape index (κ2) is 5.80. The molecule has 108 valence electrons. The van der Waals surface area contributed by atoms with E-state index in [2.05, 4.69) is 10.2 Å². The van der Waals surface area contributed by atoms with Gasteiger partial charge in [0.25, 0.3) is 0 Å². The molecule has 3 rings (SSSR count).